The number of hydrogen-bond acceptors (Lipinski definition) is 12. The highest BCUT2D eigenvalue weighted by atomic mass is 33.1. The third-order valence-electron chi connectivity index (χ3n) is 3.94. The summed E-state index contributed by atoms with van der Waals surface area (Å²) in [6, 6.07) is 0. The summed E-state index contributed by atoms with van der Waals surface area (Å²) < 4.78 is 10.6. The van der Waals surface area contributed by atoms with Gasteiger partial charge in [0.25, 0.3) is 0 Å². The quantitative estimate of drug-likeness (QED) is 0.213. The Morgan fingerprint density at radius 3 is 1.17 bits per heavy atom. The van der Waals surface area contributed by atoms with Crippen LogP contribution in [-0.2, 0) is 9.47 Å². The van der Waals surface area contributed by atoms with Crippen molar-refractivity contribution in [2.75, 3.05) is 13.2 Å². The average Bonchev–Trinajstić information content (AvgIpc) is 2.58. The van der Waals surface area contributed by atoms with E-state index >= 15 is 0 Å². The summed E-state index contributed by atoms with van der Waals surface area (Å²) in [5, 5.41) is 76.9. The average molecular weight is 390 g/mol. The van der Waals surface area contributed by atoms with E-state index in [9.17, 15) is 30.6 Å². The van der Waals surface area contributed by atoms with E-state index in [2.05, 4.69) is 0 Å². The van der Waals surface area contributed by atoms with Gasteiger partial charge in [0.15, 0.2) is 0 Å². The predicted molar refractivity (Wildman–Crippen MR) is 82.7 cm³/mol. The SMILES string of the molecule is OC[C@@H]1O[C@H](SS[C@H]2O[C@H](CO)[C@@H](O)[C@@H](O)[C@@H]2O)[C@H](O)[C@@H](O)[C@@H]1O. The maximum absolute atomic E-state index is 9.93. The van der Waals surface area contributed by atoms with Crippen molar-refractivity contribution in [3.63, 3.8) is 0 Å². The van der Waals surface area contributed by atoms with E-state index in [1.54, 1.807) is 0 Å². The first-order chi connectivity index (χ1) is 11.3. The van der Waals surface area contributed by atoms with Crippen LogP contribution in [0.3, 0.4) is 0 Å². The number of rotatable bonds is 5. The number of ether oxygens (including phenoxy) is 2. The molecule has 10 atom stereocenters. The third kappa shape index (κ3) is 4.16. The first-order valence-electron chi connectivity index (χ1n) is 7.25. The van der Waals surface area contributed by atoms with Gasteiger partial charge < -0.3 is 50.3 Å². The highest BCUT2D eigenvalue weighted by molar-refractivity contribution is 8.77. The monoisotopic (exact) mass is 390 g/mol. The molecule has 0 aliphatic carbocycles. The second-order valence-electron chi connectivity index (χ2n) is 5.59. The molecule has 2 saturated heterocycles. The van der Waals surface area contributed by atoms with Crippen LogP contribution in [0.25, 0.3) is 0 Å². The van der Waals surface area contributed by atoms with Crippen LogP contribution in [0.5, 0.6) is 0 Å². The maximum Gasteiger partial charge on any atom is 0.142 e. The zero-order chi connectivity index (χ0) is 18.0. The lowest BCUT2D eigenvalue weighted by Crippen LogP contribution is -2.58. The molecule has 142 valence electrons. The van der Waals surface area contributed by atoms with E-state index in [4.69, 9.17) is 19.7 Å². The minimum atomic E-state index is -1.52. The molecule has 0 aromatic heterocycles. The topological polar surface area (TPSA) is 180 Å². The summed E-state index contributed by atoms with van der Waals surface area (Å²) in [5.41, 5.74) is -2.09. The van der Waals surface area contributed by atoms with E-state index in [1.807, 2.05) is 0 Å². The lowest BCUT2D eigenvalue weighted by molar-refractivity contribution is -0.206. The standard InChI is InChI=1S/C12H22O10S2/c13-1-3-5(15)7(17)9(19)11(21-3)23-24-12-10(20)8(18)6(16)4(2-14)22-12/h3-20H,1-2H2/t3-,4+,5-,6-,7-,8+,9+,10-,11-,12-/m1/s1. The minimum absolute atomic E-state index is 0.563. The van der Waals surface area contributed by atoms with Crippen molar-refractivity contribution in [1.82, 2.24) is 0 Å². The molecule has 0 aromatic carbocycles. The van der Waals surface area contributed by atoms with Crippen molar-refractivity contribution in [2.24, 2.45) is 0 Å². The van der Waals surface area contributed by atoms with Gasteiger partial charge in [-0.15, -0.1) is 0 Å². The highest BCUT2D eigenvalue weighted by Gasteiger charge is 2.47. The predicted octanol–water partition coefficient (Wildman–Crippen LogP) is -4.03. The molecule has 0 unspecified atom stereocenters. The van der Waals surface area contributed by atoms with Crippen LogP contribution in [0, 0.1) is 0 Å². The normalized spacial score (nSPS) is 50.0. The third-order valence-corrected chi connectivity index (χ3v) is 6.68. The molecule has 24 heavy (non-hydrogen) atoms. The fraction of sp³-hybridized carbons (Fsp3) is 1.00. The Morgan fingerprint density at radius 2 is 0.875 bits per heavy atom. The Labute approximate surface area is 145 Å². The minimum Gasteiger partial charge on any atom is -0.394 e. The van der Waals surface area contributed by atoms with Crippen LogP contribution in [0.4, 0.5) is 0 Å². The van der Waals surface area contributed by atoms with E-state index in [0.717, 1.165) is 21.6 Å². The fourth-order valence-corrected chi connectivity index (χ4v) is 5.16. The van der Waals surface area contributed by atoms with Crippen molar-refractivity contribution < 1.29 is 50.3 Å². The van der Waals surface area contributed by atoms with Crippen LogP contribution in [0.2, 0.25) is 0 Å². The molecule has 2 aliphatic heterocycles. The second kappa shape index (κ2) is 8.79. The van der Waals surface area contributed by atoms with Gasteiger partial charge in [-0.25, -0.2) is 0 Å². The van der Waals surface area contributed by atoms with Crippen LogP contribution < -0.4 is 0 Å². The summed E-state index contributed by atoms with van der Waals surface area (Å²) >= 11 is 0. The van der Waals surface area contributed by atoms with Gasteiger partial charge in [0.05, 0.1) is 13.2 Å². The summed E-state index contributed by atoms with van der Waals surface area (Å²) in [6.07, 6.45) is -11.0. The summed E-state index contributed by atoms with van der Waals surface area (Å²) in [5.74, 6) is 0. The molecule has 10 nitrogen and oxygen atoms in total. The van der Waals surface area contributed by atoms with Crippen molar-refractivity contribution in [3.8, 4) is 0 Å². The molecule has 2 rings (SSSR count). The molecule has 0 radical (unpaired) electrons. The van der Waals surface area contributed by atoms with Gasteiger partial charge in [0.2, 0.25) is 0 Å². The van der Waals surface area contributed by atoms with Gasteiger partial charge >= 0.3 is 0 Å². The Bertz CT molecular complexity index is 364. The molecular formula is C12H22O10S2. The Hall–Kier alpha value is 0.300. The first-order valence-corrected chi connectivity index (χ1v) is 9.52. The molecule has 0 saturated carbocycles. The molecule has 0 aromatic rings. The molecule has 0 spiro atoms. The van der Waals surface area contributed by atoms with Crippen LogP contribution >= 0.6 is 21.6 Å². The molecule has 12 heteroatoms. The Kier molecular flexibility index (Phi) is 7.55. The van der Waals surface area contributed by atoms with E-state index < -0.39 is 72.9 Å². The maximum atomic E-state index is 9.93. The fourth-order valence-electron chi connectivity index (χ4n) is 2.40. The van der Waals surface area contributed by atoms with E-state index in [-0.39, 0.29) is 0 Å². The Morgan fingerprint density at radius 1 is 0.542 bits per heavy atom. The van der Waals surface area contributed by atoms with Crippen LogP contribution in [0.15, 0.2) is 0 Å². The van der Waals surface area contributed by atoms with Crippen molar-refractivity contribution in [3.05, 3.63) is 0 Å². The van der Waals surface area contributed by atoms with Gasteiger partial charge in [0, 0.05) is 0 Å². The molecule has 0 amide bonds. The number of hydrogen-bond donors (Lipinski definition) is 8. The van der Waals surface area contributed by atoms with Crippen molar-refractivity contribution in [1.29, 1.82) is 0 Å². The molecule has 2 fully saturated rings. The van der Waals surface area contributed by atoms with Crippen LogP contribution in [-0.4, -0.2) is 114 Å². The molecule has 2 heterocycles. The number of aliphatic hydroxyl groups is 8. The summed E-state index contributed by atoms with van der Waals surface area (Å²) in [7, 11) is 1.72. The lowest BCUT2D eigenvalue weighted by atomic mass is 10.0. The molecule has 2 aliphatic rings. The summed E-state index contributed by atoms with van der Waals surface area (Å²) in [4.78, 5) is 0. The lowest BCUT2D eigenvalue weighted by Gasteiger charge is -2.42. The highest BCUT2D eigenvalue weighted by Crippen LogP contribution is 2.41. The van der Waals surface area contributed by atoms with Crippen LogP contribution in [0.1, 0.15) is 0 Å². The van der Waals surface area contributed by atoms with Gasteiger partial charge in [-0.1, -0.05) is 21.6 Å². The van der Waals surface area contributed by atoms with E-state index in [1.165, 1.54) is 0 Å². The summed E-state index contributed by atoms with van der Waals surface area (Å²) in [6.45, 7) is -1.13. The molecule has 8 N–H and O–H groups in total. The van der Waals surface area contributed by atoms with Crippen molar-refractivity contribution >= 4 is 21.6 Å². The van der Waals surface area contributed by atoms with E-state index in [0.29, 0.717) is 0 Å². The van der Waals surface area contributed by atoms with Gasteiger partial charge in [-0.2, -0.15) is 0 Å². The van der Waals surface area contributed by atoms with Gasteiger partial charge in [0.1, 0.15) is 59.7 Å². The zero-order valence-electron chi connectivity index (χ0n) is 12.4. The molecular weight excluding hydrogens is 368 g/mol. The van der Waals surface area contributed by atoms with Crippen molar-refractivity contribution in [2.45, 2.75) is 59.7 Å². The number of aliphatic hydroxyl groups excluding tert-OH is 8. The first kappa shape index (κ1) is 20.6. The zero-order valence-corrected chi connectivity index (χ0v) is 14.0. The smallest absolute Gasteiger partial charge is 0.142 e. The molecule has 0 bridgehead atoms. The second-order valence-corrected chi connectivity index (χ2v) is 8.06. The largest absolute Gasteiger partial charge is 0.394 e. The Balaban J connectivity index is 1.96. The van der Waals surface area contributed by atoms with Gasteiger partial charge in [-0.05, 0) is 0 Å². The van der Waals surface area contributed by atoms with Gasteiger partial charge in [-0.3, -0.25) is 0 Å².